The van der Waals surface area contributed by atoms with Crippen LogP contribution in [-0.2, 0) is 17.1 Å². The van der Waals surface area contributed by atoms with E-state index in [2.05, 4.69) is 17.1 Å². The molecule has 1 fully saturated rings. The zero-order valence-corrected chi connectivity index (χ0v) is 13.9. The van der Waals surface area contributed by atoms with Crippen LogP contribution in [0.4, 0.5) is 0 Å². The Kier molecular flexibility index (Phi) is 3.82. The third-order valence-corrected chi connectivity index (χ3v) is 6.45. The van der Waals surface area contributed by atoms with Crippen LogP contribution in [0.3, 0.4) is 0 Å². The second-order valence-corrected chi connectivity index (χ2v) is 7.84. The Bertz CT molecular complexity index is 755. The summed E-state index contributed by atoms with van der Waals surface area (Å²) in [5.41, 5.74) is 1.19. The number of rotatable bonds is 3. The summed E-state index contributed by atoms with van der Waals surface area (Å²) in [6, 6.07) is 10.0. The van der Waals surface area contributed by atoms with Gasteiger partial charge in [0.05, 0.1) is 6.33 Å². The van der Waals surface area contributed by atoms with Gasteiger partial charge in [-0.25, -0.2) is 13.4 Å². The zero-order chi connectivity index (χ0) is 15.9. The molecule has 1 aliphatic heterocycles. The lowest BCUT2D eigenvalue weighted by Gasteiger charge is -2.26. The van der Waals surface area contributed by atoms with Gasteiger partial charge in [-0.15, -0.1) is 0 Å². The molecule has 2 aromatic rings. The molecule has 3 atom stereocenters. The highest BCUT2D eigenvalue weighted by Gasteiger charge is 2.44. The van der Waals surface area contributed by atoms with Crippen LogP contribution in [0.25, 0.3) is 0 Å². The fraction of sp³-hybridized carbons (Fsp3) is 0.438. The van der Waals surface area contributed by atoms with Crippen molar-refractivity contribution in [2.45, 2.75) is 43.3 Å². The largest absolute Gasteiger partial charge is 0.339 e. The molecule has 2 heterocycles. The average Bonchev–Trinajstić information content (AvgIpc) is 3.04. The van der Waals surface area contributed by atoms with Gasteiger partial charge in [-0.2, -0.15) is 4.31 Å². The molecule has 0 aliphatic carbocycles. The number of sulfonamides is 1. The van der Waals surface area contributed by atoms with Gasteiger partial charge in [0, 0.05) is 31.2 Å². The van der Waals surface area contributed by atoms with Gasteiger partial charge in [-0.1, -0.05) is 30.3 Å². The minimum Gasteiger partial charge on any atom is -0.339 e. The van der Waals surface area contributed by atoms with E-state index in [1.165, 1.54) is 11.9 Å². The minimum absolute atomic E-state index is 0.0350. The first-order valence-corrected chi connectivity index (χ1v) is 8.91. The van der Waals surface area contributed by atoms with Crippen molar-refractivity contribution in [3.63, 3.8) is 0 Å². The zero-order valence-electron chi connectivity index (χ0n) is 13.0. The summed E-state index contributed by atoms with van der Waals surface area (Å²) in [6.45, 7) is 3.96. The molecule has 1 aromatic carbocycles. The van der Waals surface area contributed by atoms with Crippen molar-refractivity contribution < 1.29 is 8.42 Å². The Hall–Kier alpha value is -1.66. The highest BCUT2D eigenvalue weighted by molar-refractivity contribution is 7.89. The molecule has 118 valence electrons. The van der Waals surface area contributed by atoms with Crippen molar-refractivity contribution in [3.05, 3.63) is 48.4 Å². The maximum absolute atomic E-state index is 12.9. The van der Waals surface area contributed by atoms with Crippen LogP contribution >= 0.6 is 0 Å². The molecule has 6 heteroatoms. The fourth-order valence-corrected chi connectivity index (χ4v) is 5.29. The van der Waals surface area contributed by atoms with E-state index in [0.29, 0.717) is 0 Å². The summed E-state index contributed by atoms with van der Waals surface area (Å²) in [5.74, 6) is 0.217. The van der Waals surface area contributed by atoms with Crippen molar-refractivity contribution in [2.75, 3.05) is 0 Å². The third kappa shape index (κ3) is 2.46. The topological polar surface area (TPSA) is 55.2 Å². The van der Waals surface area contributed by atoms with Gasteiger partial charge in [0.2, 0.25) is 0 Å². The molecular weight excluding hydrogens is 298 g/mol. The number of benzene rings is 1. The standard InChI is InChI=1S/C16H21N3O2S/c1-12-9-15(14-7-5-4-6-8-14)13(2)19(12)22(20,21)16-10-18(3)11-17-16/h4-8,10-13,15H,9H2,1-3H3/t12-,13-,15+/m1/s1. The molecule has 0 saturated carbocycles. The van der Waals surface area contributed by atoms with Crippen LogP contribution in [0.5, 0.6) is 0 Å². The van der Waals surface area contributed by atoms with Gasteiger partial charge >= 0.3 is 0 Å². The van der Waals surface area contributed by atoms with E-state index < -0.39 is 10.0 Å². The van der Waals surface area contributed by atoms with Gasteiger partial charge in [0.25, 0.3) is 10.0 Å². The van der Waals surface area contributed by atoms with Crippen molar-refractivity contribution in [3.8, 4) is 0 Å². The van der Waals surface area contributed by atoms with Crippen LogP contribution in [0.15, 0.2) is 47.9 Å². The Morgan fingerprint density at radius 3 is 2.45 bits per heavy atom. The summed E-state index contributed by atoms with van der Waals surface area (Å²) in [7, 11) is -1.78. The Morgan fingerprint density at radius 2 is 1.86 bits per heavy atom. The quantitative estimate of drug-likeness (QED) is 0.873. The second kappa shape index (κ2) is 5.52. The Balaban J connectivity index is 1.95. The van der Waals surface area contributed by atoms with Crippen molar-refractivity contribution in [1.82, 2.24) is 13.9 Å². The average molecular weight is 319 g/mol. The van der Waals surface area contributed by atoms with E-state index in [1.54, 1.807) is 22.1 Å². The number of hydrogen-bond donors (Lipinski definition) is 0. The van der Waals surface area contributed by atoms with Crippen molar-refractivity contribution >= 4 is 10.0 Å². The number of aryl methyl sites for hydroxylation is 1. The van der Waals surface area contributed by atoms with Gasteiger partial charge in [-0.05, 0) is 25.8 Å². The van der Waals surface area contributed by atoms with E-state index in [-0.39, 0.29) is 23.0 Å². The molecule has 0 N–H and O–H groups in total. The smallest absolute Gasteiger partial charge is 0.262 e. The summed E-state index contributed by atoms with van der Waals surface area (Å²) in [4.78, 5) is 4.03. The van der Waals surface area contributed by atoms with Crippen molar-refractivity contribution in [1.29, 1.82) is 0 Å². The van der Waals surface area contributed by atoms with Gasteiger partial charge in [-0.3, -0.25) is 0 Å². The van der Waals surface area contributed by atoms with Gasteiger partial charge < -0.3 is 4.57 Å². The molecule has 1 saturated heterocycles. The lowest BCUT2D eigenvalue weighted by molar-refractivity contribution is 0.342. The van der Waals surface area contributed by atoms with Gasteiger partial charge in [0.15, 0.2) is 5.03 Å². The summed E-state index contributed by atoms with van der Waals surface area (Å²) in [6.07, 6.45) is 3.91. The van der Waals surface area contributed by atoms with Crippen LogP contribution in [0.1, 0.15) is 31.7 Å². The monoisotopic (exact) mass is 319 g/mol. The van der Waals surface area contributed by atoms with Crippen LogP contribution in [-0.4, -0.2) is 34.4 Å². The predicted octanol–water partition coefficient (Wildman–Crippen LogP) is 2.38. The minimum atomic E-state index is -3.56. The normalized spacial score (nSPS) is 26.4. The molecule has 0 bridgehead atoms. The van der Waals surface area contributed by atoms with E-state index in [4.69, 9.17) is 0 Å². The molecule has 0 amide bonds. The molecule has 1 aromatic heterocycles. The first kappa shape index (κ1) is 15.2. The van der Waals surface area contributed by atoms with E-state index in [1.807, 2.05) is 32.0 Å². The molecular formula is C16H21N3O2S. The lowest BCUT2D eigenvalue weighted by atomic mass is 9.92. The first-order valence-electron chi connectivity index (χ1n) is 7.47. The maximum Gasteiger partial charge on any atom is 0.262 e. The SMILES string of the molecule is C[C@@H]1C[C@H](c2ccccc2)[C@@H](C)N1S(=O)(=O)c1cn(C)cn1. The molecule has 0 unspecified atom stereocenters. The molecule has 1 aliphatic rings. The van der Waals surface area contributed by atoms with E-state index in [0.717, 1.165) is 6.42 Å². The molecule has 3 rings (SSSR count). The molecule has 0 spiro atoms. The number of nitrogens with zero attached hydrogens (tertiary/aromatic N) is 3. The summed E-state index contributed by atoms with van der Waals surface area (Å²) < 4.78 is 29.1. The van der Waals surface area contributed by atoms with Crippen LogP contribution in [0.2, 0.25) is 0 Å². The summed E-state index contributed by atoms with van der Waals surface area (Å²) in [5, 5.41) is 0.127. The second-order valence-electron chi connectivity index (χ2n) is 6.05. The molecule has 22 heavy (non-hydrogen) atoms. The number of aromatic nitrogens is 2. The molecule has 0 radical (unpaired) electrons. The number of hydrogen-bond acceptors (Lipinski definition) is 3. The Morgan fingerprint density at radius 1 is 1.18 bits per heavy atom. The number of imidazole rings is 1. The fourth-order valence-electron chi connectivity index (χ4n) is 3.45. The van der Waals surface area contributed by atoms with E-state index >= 15 is 0 Å². The van der Waals surface area contributed by atoms with Crippen LogP contribution < -0.4 is 0 Å². The predicted molar refractivity (Wildman–Crippen MR) is 85.0 cm³/mol. The highest BCUT2D eigenvalue weighted by atomic mass is 32.2. The lowest BCUT2D eigenvalue weighted by Crippen LogP contribution is -2.39. The third-order valence-electron chi connectivity index (χ3n) is 4.46. The Labute approximate surface area is 131 Å². The highest BCUT2D eigenvalue weighted by Crippen LogP contribution is 2.40. The summed E-state index contributed by atoms with van der Waals surface area (Å²) >= 11 is 0. The first-order chi connectivity index (χ1) is 10.4. The maximum atomic E-state index is 12.9. The van der Waals surface area contributed by atoms with Crippen LogP contribution in [0, 0.1) is 0 Å². The van der Waals surface area contributed by atoms with Gasteiger partial charge in [0.1, 0.15) is 0 Å². The van der Waals surface area contributed by atoms with E-state index in [9.17, 15) is 8.42 Å². The van der Waals surface area contributed by atoms with Crippen molar-refractivity contribution in [2.24, 2.45) is 7.05 Å². The molecule has 5 nitrogen and oxygen atoms in total.